The summed E-state index contributed by atoms with van der Waals surface area (Å²) in [7, 11) is -0.0809. The Morgan fingerprint density at radius 2 is 1.74 bits per heavy atom. The van der Waals surface area contributed by atoms with Gasteiger partial charge in [-0.05, 0) is 54.1 Å². The van der Waals surface area contributed by atoms with Crippen LogP contribution in [-0.2, 0) is 15.6 Å². The van der Waals surface area contributed by atoms with E-state index < -0.39 is 32.1 Å². The Balaban J connectivity index is 1.80. The second-order valence-corrected chi connectivity index (χ2v) is 9.92. The highest BCUT2D eigenvalue weighted by molar-refractivity contribution is 7.90. The number of sulfone groups is 1. The molecule has 1 N–H and O–H groups in total. The summed E-state index contributed by atoms with van der Waals surface area (Å²) in [5.41, 5.74) is 3.62. The molecule has 0 aromatic heterocycles. The lowest BCUT2D eigenvalue weighted by molar-refractivity contribution is -0.385. The number of halogens is 1. The lowest BCUT2D eigenvalue weighted by Crippen LogP contribution is -2.18. The molecular weight excluding hydrogens is 480 g/mol. The number of benzene rings is 3. The van der Waals surface area contributed by atoms with Crippen LogP contribution in [0.5, 0.6) is 0 Å². The van der Waals surface area contributed by atoms with Crippen LogP contribution in [0.2, 0.25) is 5.02 Å². The molecular formula is C23H21ClN4O5S. The normalized spacial score (nSPS) is 11.4. The van der Waals surface area contributed by atoms with Crippen molar-refractivity contribution in [2.45, 2.75) is 10.6 Å². The first-order valence-electron chi connectivity index (χ1n) is 9.93. The Morgan fingerprint density at radius 3 is 2.32 bits per heavy atom. The Hall–Kier alpha value is -3.76. The standard InChI is InChI=1S/C23H21ClN4O5S/c1-27(2)20-8-3-16(4-9-20)14-25-26-23(29)17-5-12-22(28(30)31)18(13-17)15-34(32,33)21-10-6-19(24)7-11-21/h3-14H,15H2,1-2H3,(H,26,29)/b25-14+. The van der Waals surface area contributed by atoms with E-state index in [0.717, 1.165) is 17.3 Å². The van der Waals surface area contributed by atoms with E-state index in [0.29, 0.717) is 5.02 Å². The Labute approximate surface area is 201 Å². The van der Waals surface area contributed by atoms with Gasteiger partial charge >= 0.3 is 0 Å². The monoisotopic (exact) mass is 500 g/mol. The van der Waals surface area contributed by atoms with Crippen LogP contribution >= 0.6 is 11.6 Å². The fraction of sp³-hybridized carbons (Fsp3) is 0.130. The Kier molecular flexibility index (Phi) is 7.64. The van der Waals surface area contributed by atoms with Gasteiger partial charge in [-0.3, -0.25) is 14.9 Å². The summed E-state index contributed by atoms with van der Waals surface area (Å²) in [6, 6.07) is 16.4. The third-order valence-electron chi connectivity index (χ3n) is 4.85. The summed E-state index contributed by atoms with van der Waals surface area (Å²) in [5, 5.41) is 15.7. The van der Waals surface area contributed by atoms with Crippen LogP contribution in [0.15, 0.2) is 76.7 Å². The van der Waals surface area contributed by atoms with Gasteiger partial charge in [0.25, 0.3) is 11.6 Å². The van der Waals surface area contributed by atoms with Crippen molar-refractivity contribution in [2.24, 2.45) is 5.10 Å². The molecule has 0 atom stereocenters. The van der Waals surface area contributed by atoms with Gasteiger partial charge in [-0.25, -0.2) is 13.8 Å². The highest BCUT2D eigenvalue weighted by atomic mass is 35.5. The minimum Gasteiger partial charge on any atom is -0.378 e. The van der Waals surface area contributed by atoms with Crippen LogP contribution < -0.4 is 10.3 Å². The molecule has 3 aromatic rings. The highest BCUT2D eigenvalue weighted by Gasteiger charge is 2.23. The SMILES string of the molecule is CN(C)c1ccc(/C=N/NC(=O)c2ccc([N+](=O)[O-])c(CS(=O)(=O)c3ccc(Cl)cc3)c2)cc1. The molecule has 3 aromatic carbocycles. The maximum atomic E-state index is 12.8. The number of carbonyl (C=O) groups is 1. The number of carbonyl (C=O) groups excluding carboxylic acids is 1. The fourth-order valence-electron chi connectivity index (χ4n) is 3.04. The first kappa shape index (κ1) is 24.9. The third kappa shape index (κ3) is 6.18. The molecule has 3 rings (SSSR count). The summed E-state index contributed by atoms with van der Waals surface area (Å²) >= 11 is 5.80. The molecule has 11 heteroatoms. The second kappa shape index (κ2) is 10.4. The van der Waals surface area contributed by atoms with Crippen LogP contribution in [0.3, 0.4) is 0 Å². The number of hydrogen-bond donors (Lipinski definition) is 1. The molecule has 34 heavy (non-hydrogen) atoms. The molecule has 0 aliphatic carbocycles. The zero-order chi connectivity index (χ0) is 24.9. The maximum absolute atomic E-state index is 12.8. The van der Waals surface area contributed by atoms with Crippen LogP contribution in [0.1, 0.15) is 21.5 Å². The topological polar surface area (TPSA) is 122 Å². The van der Waals surface area contributed by atoms with E-state index in [1.165, 1.54) is 42.6 Å². The highest BCUT2D eigenvalue weighted by Crippen LogP contribution is 2.26. The zero-order valence-corrected chi connectivity index (χ0v) is 19.9. The number of nitrogens with one attached hydrogen (secondary N) is 1. The smallest absolute Gasteiger partial charge is 0.273 e. The number of anilines is 1. The fourth-order valence-corrected chi connectivity index (χ4v) is 4.52. The number of rotatable bonds is 8. The molecule has 0 saturated carbocycles. The number of hydrogen-bond acceptors (Lipinski definition) is 7. The van der Waals surface area contributed by atoms with Crippen LogP contribution in [0.25, 0.3) is 0 Å². The summed E-state index contributed by atoms with van der Waals surface area (Å²) in [6.07, 6.45) is 1.45. The molecule has 0 spiro atoms. The summed E-state index contributed by atoms with van der Waals surface area (Å²) in [6.45, 7) is 0. The number of nitro groups is 1. The van der Waals surface area contributed by atoms with Crippen molar-refractivity contribution in [3.63, 3.8) is 0 Å². The Morgan fingerprint density at radius 1 is 1.09 bits per heavy atom. The predicted octanol–water partition coefficient (Wildman–Crippen LogP) is 4.05. The number of nitrogens with zero attached hydrogens (tertiary/aromatic N) is 3. The van der Waals surface area contributed by atoms with Gasteiger partial charge in [0.15, 0.2) is 9.84 Å². The quantitative estimate of drug-likeness (QED) is 0.283. The van der Waals surface area contributed by atoms with Gasteiger partial charge in [0.2, 0.25) is 0 Å². The molecule has 0 bridgehead atoms. The van der Waals surface area contributed by atoms with Gasteiger partial charge in [0.05, 0.1) is 21.8 Å². The van der Waals surface area contributed by atoms with E-state index >= 15 is 0 Å². The summed E-state index contributed by atoms with van der Waals surface area (Å²) < 4.78 is 25.5. The minimum atomic E-state index is -3.92. The molecule has 0 saturated heterocycles. The number of nitro benzene ring substituents is 1. The molecule has 9 nitrogen and oxygen atoms in total. The molecule has 0 heterocycles. The van der Waals surface area contributed by atoms with Gasteiger partial charge < -0.3 is 4.90 Å². The second-order valence-electron chi connectivity index (χ2n) is 7.50. The van der Waals surface area contributed by atoms with Crippen molar-refractivity contribution in [1.29, 1.82) is 0 Å². The molecule has 0 fully saturated rings. The van der Waals surface area contributed by atoms with E-state index in [4.69, 9.17) is 11.6 Å². The van der Waals surface area contributed by atoms with Crippen molar-refractivity contribution < 1.29 is 18.1 Å². The van der Waals surface area contributed by atoms with Crippen molar-refractivity contribution in [3.8, 4) is 0 Å². The molecule has 1 amide bonds. The molecule has 0 unspecified atom stereocenters. The van der Waals surface area contributed by atoms with Gasteiger partial charge in [-0.15, -0.1) is 0 Å². The minimum absolute atomic E-state index is 0.0343. The van der Waals surface area contributed by atoms with Gasteiger partial charge in [-0.1, -0.05) is 23.7 Å². The summed E-state index contributed by atoms with van der Waals surface area (Å²) in [5.74, 6) is -1.30. The van der Waals surface area contributed by atoms with Gasteiger partial charge in [0.1, 0.15) is 0 Å². The third-order valence-corrected chi connectivity index (χ3v) is 6.78. The number of amides is 1. The van der Waals surface area contributed by atoms with E-state index in [1.54, 1.807) is 0 Å². The van der Waals surface area contributed by atoms with E-state index in [2.05, 4.69) is 10.5 Å². The lowest BCUT2D eigenvalue weighted by atomic mass is 10.1. The van der Waals surface area contributed by atoms with Crippen LogP contribution in [0.4, 0.5) is 11.4 Å². The number of hydrazone groups is 1. The average Bonchev–Trinajstić information content (AvgIpc) is 2.79. The van der Waals surface area contributed by atoms with E-state index in [-0.39, 0.29) is 16.0 Å². The molecule has 176 valence electrons. The predicted molar refractivity (Wildman–Crippen MR) is 131 cm³/mol. The van der Waals surface area contributed by atoms with Crippen molar-refractivity contribution >= 4 is 44.9 Å². The first-order valence-corrected chi connectivity index (χ1v) is 12.0. The molecule has 0 aliphatic heterocycles. The van der Waals surface area contributed by atoms with Gasteiger partial charge in [0, 0.05) is 42.0 Å². The van der Waals surface area contributed by atoms with Crippen LogP contribution in [0, 0.1) is 10.1 Å². The average molecular weight is 501 g/mol. The van der Waals surface area contributed by atoms with Crippen molar-refractivity contribution in [3.05, 3.63) is 98.6 Å². The molecule has 0 aliphatic rings. The van der Waals surface area contributed by atoms with E-state index in [9.17, 15) is 23.3 Å². The largest absolute Gasteiger partial charge is 0.378 e. The van der Waals surface area contributed by atoms with Crippen LogP contribution in [-0.4, -0.2) is 39.6 Å². The maximum Gasteiger partial charge on any atom is 0.273 e. The summed E-state index contributed by atoms with van der Waals surface area (Å²) in [4.78, 5) is 25.2. The van der Waals surface area contributed by atoms with E-state index in [1.807, 2.05) is 43.3 Å². The molecule has 0 radical (unpaired) electrons. The first-order chi connectivity index (χ1) is 16.1. The lowest BCUT2D eigenvalue weighted by Gasteiger charge is -2.11. The zero-order valence-electron chi connectivity index (χ0n) is 18.3. The van der Waals surface area contributed by atoms with Gasteiger partial charge in [-0.2, -0.15) is 5.10 Å². The van der Waals surface area contributed by atoms with Crippen molar-refractivity contribution in [1.82, 2.24) is 5.43 Å². The van der Waals surface area contributed by atoms with Crippen molar-refractivity contribution in [2.75, 3.05) is 19.0 Å². The Bertz CT molecular complexity index is 1340.